The smallest absolute Gasteiger partial charge is 0.244 e. The number of nitrogens with one attached hydrogen (secondary N) is 1. The highest BCUT2D eigenvalue weighted by molar-refractivity contribution is 7.92. The Morgan fingerprint density at radius 3 is 2.00 bits per heavy atom. The van der Waals surface area contributed by atoms with Gasteiger partial charge in [-0.2, -0.15) is 0 Å². The summed E-state index contributed by atoms with van der Waals surface area (Å²) < 4.78 is 33.1. The van der Waals surface area contributed by atoms with E-state index in [1.807, 2.05) is 74.5 Å². The van der Waals surface area contributed by atoms with Crippen molar-refractivity contribution in [3.63, 3.8) is 0 Å². The Balaban J connectivity index is 1.64. The number of carbonyl (C=O) groups excluding carboxylic acids is 2. The summed E-state index contributed by atoms with van der Waals surface area (Å²) in [6.45, 7) is 4.24. The molecule has 0 aliphatic heterocycles. The maximum atomic E-state index is 14.3. The van der Waals surface area contributed by atoms with Gasteiger partial charge < -0.3 is 15.0 Å². The third-order valence-electron chi connectivity index (χ3n) is 7.31. The first-order valence-electron chi connectivity index (χ1n) is 15.1. The zero-order chi connectivity index (χ0) is 33.1. The van der Waals surface area contributed by atoms with Crippen molar-refractivity contribution in [2.24, 2.45) is 5.92 Å². The number of hydrogen-bond donors (Lipinski definition) is 1. The second-order valence-corrected chi connectivity index (χ2v) is 13.8. The van der Waals surface area contributed by atoms with Crippen LogP contribution in [0.4, 0.5) is 5.69 Å². The molecule has 1 unspecified atom stereocenters. The van der Waals surface area contributed by atoms with E-state index in [0.717, 1.165) is 21.7 Å². The van der Waals surface area contributed by atoms with E-state index in [0.29, 0.717) is 35.2 Å². The molecule has 1 atom stereocenters. The molecule has 0 aliphatic carbocycles. The second-order valence-electron chi connectivity index (χ2n) is 11.5. The lowest BCUT2D eigenvalue weighted by atomic mass is 10.0. The molecule has 1 N–H and O–H groups in total. The van der Waals surface area contributed by atoms with Crippen molar-refractivity contribution in [1.82, 2.24) is 10.2 Å². The number of sulfonamides is 1. The normalized spacial score (nSPS) is 11.9. The number of benzene rings is 4. The fourth-order valence-corrected chi connectivity index (χ4v) is 5.89. The van der Waals surface area contributed by atoms with E-state index in [2.05, 4.69) is 5.32 Å². The van der Waals surface area contributed by atoms with Crippen LogP contribution >= 0.6 is 11.6 Å². The van der Waals surface area contributed by atoms with Crippen molar-refractivity contribution >= 4 is 39.1 Å². The first-order valence-corrected chi connectivity index (χ1v) is 17.3. The van der Waals surface area contributed by atoms with E-state index in [1.54, 1.807) is 48.5 Å². The summed E-state index contributed by atoms with van der Waals surface area (Å²) in [6, 6.07) is 31.8. The van der Waals surface area contributed by atoms with Gasteiger partial charge in [0, 0.05) is 24.5 Å². The molecule has 0 saturated carbocycles. The van der Waals surface area contributed by atoms with Crippen LogP contribution in [0.1, 0.15) is 30.5 Å². The van der Waals surface area contributed by atoms with Crippen molar-refractivity contribution in [1.29, 1.82) is 0 Å². The van der Waals surface area contributed by atoms with Gasteiger partial charge in [0.15, 0.2) is 0 Å². The summed E-state index contributed by atoms with van der Waals surface area (Å²) in [5, 5.41) is 3.41. The molecule has 0 heterocycles. The van der Waals surface area contributed by atoms with Gasteiger partial charge in [0.2, 0.25) is 21.8 Å². The predicted molar refractivity (Wildman–Crippen MR) is 183 cm³/mol. The minimum Gasteiger partial charge on any atom is -0.489 e. The molecule has 8 nitrogen and oxygen atoms in total. The van der Waals surface area contributed by atoms with Crippen molar-refractivity contribution < 1.29 is 22.7 Å². The largest absolute Gasteiger partial charge is 0.489 e. The standard InChI is InChI=1S/C36H40ClN3O5S/c1-27(2)23-38-36(42)34(22-28-12-6-4-7-13-28)39(24-30-16-10-11-17-33(30)37)35(41)25-40(46(3,43)44)31-18-20-32(21-19-31)45-26-29-14-8-5-9-15-29/h4-21,27,34H,22-26H2,1-3H3,(H,38,42). The Morgan fingerprint density at radius 2 is 1.41 bits per heavy atom. The maximum absolute atomic E-state index is 14.3. The van der Waals surface area contributed by atoms with Gasteiger partial charge >= 0.3 is 0 Å². The molecular formula is C36H40ClN3O5S. The molecule has 4 rings (SSSR count). The highest BCUT2D eigenvalue weighted by Gasteiger charge is 2.33. The lowest BCUT2D eigenvalue weighted by Gasteiger charge is -2.34. The van der Waals surface area contributed by atoms with Gasteiger partial charge in [-0.15, -0.1) is 0 Å². The van der Waals surface area contributed by atoms with E-state index < -0.39 is 28.5 Å². The summed E-state index contributed by atoms with van der Waals surface area (Å²) >= 11 is 6.52. The predicted octanol–water partition coefficient (Wildman–Crippen LogP) is 6.10. The fraction of sp³-hybridized carbons (Fsp3) is 0.278. The highest BCUT2D eigenvalue weighted by Crippen LogP contribution is 2.25. The molecular weight excluding hydrogens is 622 g/mol. The van der Waals surface area contributed by atoms with Gasteiger partial charge in [-0.3, -0.25) is 13.9 Å². The summed E-state index contributed by atoms with van der Waals surface area (Å²) in [5.41, 5.74) is 2.79. The van der Waals surface area contributed by atoms with Crippen LogP contribution in [0.2, 0.25) is 5.02 Å². The second kappa shape index (κ2) is 16.3. The third kappa shape index (κ3) is 10.1. The Hall–Kier alpha value is -4.34. The first-order chi connectivity index (χ1) is 22.0. The van der Waals surface area contributed by atoms with Crippen LogP contribution < -0.4 is 14.4 Å². The summed E-state index contributed by atoms with van der Waals surface area (Å²) in [7, 11) is -3.90. The van der Waals surface area contributed by atoms with Crippen LogP contribution in [0, 0.1) is 5.92 Å². The highest BCUT2D eigenvalue weighted by atomic mass is 35.5. The van der Waals surface area contributed by atoms with Crippen molar-refractivity contribution in [2.45, 2.75) is 39.5 Å². The average Bonchev–Trinajstić information content (AvgIpc) is 3.04. The van der Waals surface area contributed by atoms with Gasteiger partial charge in [0.25, 0.3) is 0 Å². The molecule has 0 bridgehead atoms. The zero-order valence-corrected chi connectivity index (χ0v) is 27.9. The number of amides is 2. The van der Waals surface area contributed by atoms with Crippen LogP contribution in [0.25, 0.3) is 0 Å². The van der Waals surface area contributed by atoms with Crippen LogP contribution in [0.3, 0.4) is 0 Å². The molecule has 242 valence electrons. The topological polar surface area (TPSA) is 96.0 Å². The molecule has 0 fully saturated rings. The number of ether oxygens (including phenoxy) is 1. The number of nitrogens with zero attached hydrogens (tertiary/aromatic N) is 2. The number of hydrogen-bond acceptors (Lipinski definition) is 5. The maximum Gasteiger partial charge on any atom is 0.244 e. The van der Waals surface area contributed by atoms with Crippen LogP contribution in [0.5, 0.6) is 5.75 Å². The molecule has 0 aliphatic rings. The Labute approximate surface area is 277 Å². The lowest BCUT2D eigenvalue weighted by Crippen LogP contribution is -2.53. The minimum atomic E-state index is -3.90. The summed E-state index contributed by atoms with van der Waals surface area (Å²) in [5.74, 6) is -0.133. The number of anilines is 1. The summed E-state index contributed by atoms with van der Waals surface area (Å²) in [4.78, 5) is 29.4. The molecule has 0 saturated heterocycles. The molecule has 10 heteroatoms. The van der Waals surface area contributed by atoms with E-state index in [-0.39, 0.29) is 24.8 Å². The van der Waals surface area contributed by atoms with Crippen LogP contribution in [-0.4, -0.2) is 50.5 Å². The van der Waals surface area contributed by atoms with E-state index in [9.17, 15) is 18.0 Å². The monoisotopic (exact) mass is 661 g/mol. The van der Waals surface area contributed by atoms with E-state index >= 15 is 0 Å². The SMILES string of the molecule is CC(C)CNC(=O)C(Cc1ccccc1)N(Cc1ccccc1Cl)C(=O)CN(c1ccc(OCc2ccccc2)cc1)S(C)(=O)=O. The van der Waals surface area contributed by atoms with Gasteiger partial charge in [-0.25, -0.2) is 8.42 Å². The van der Waals surface area contributed by atoms with Crippen molar-refractivity contribution in [3.05, 3.63) is 131 Å². The number of rotatable bonds is 15. The van der Waals surface area contributed by atoms with Gasteiger partial charge in [0.05, 0.1) is 11.9 Å². The van der Waals surface area contributed by atoms with E-state index in [1.165, 1.54) is 4.90 Å². The summed E-state index contributed by atoms with van der Waals surface area (Å²) in [6.07, 6.45) is 1.28. The van der Waals surface area contributed by atoms with E-state index in [4.69, 9.17) is 16.3 Å². The molecule has 2 amide bonds. The number of carbonyl (C=O) groups is 2. The molecule has 0 radical (unpaired) electrons. The van der Waals surface area contributed by atoms with Crippen molar-refractivity contribution in [2.75, 3.05) is 23.7 Å². The Morgan fingerprint density at radius 1 is 0.826 bits per heavy atom. The van der Waals surface area contributed by atoms with Gasteiger partial charge in [0.1, 0.15) is 24.9 Å². The molecule has 0 aromatic heterocycles. The van der Waals surface area contributed by atoms with Crippen molar-refractivity contribution in [3.8, 4) is 5.75 Å². The Kier molecular flexibility index (Phi) is 12.2. The molecule has 4 aromatic rings. The third-order valence-corrected chi connectivity index (χ3v) is 8.82. The fourth-order valence-electron chi connectivity index (χ4n) is 4.85. The van der Waals surface area contributed by atoms with Gasteiger partial charge in [-0.1, -0.05) is 104 Å². The van der Waals surface area contributed by atoms with Gasteiger partial charge in [-0.05, 0) is 52.9 Å². The molecule has 4 aromatic carbocycles. The molecule has 46 heavy (non-hydrogen) atoms. The quantitative estimate of drug-likeness (QED) is 0.166. The van der Waals surface area contributed by atoms with Crippen LogP contribution in [0.15, 0.2) is 109 Å². The Bertz CT molecular complexity index is 1680. The first kappa shape index (κ1) is 34.5. The van der Waals surface area contributed by atoms with Crippen LogP contribution in [-0.2, 0) is 39.2 Å². The molecule has 0 spiro atoms. The minimum absolute atomic E-state index is 0.00890. The average molecular weight is 662 g/mol. The lowest BCUT2D eigenvalue weighted by molar-refractivity contribution is -0.140. The zero-order valence-electron chi connectivity index (χ0n) is 26.3. The number of halogens is 1.